The maximum atomic E-state index is 5.98. The zero-order chi connectivity index (χ0) is 12.4. The van der Waals surface area contributed by atoms with Gasteiger partial charge in [-0.15, -0.1) is 0 Å². The van der Waals surface area contributed by atoms with Gasteiger partial charge < -0.3 is 9.73 Å². The summed E-state index contributed by atoms with van der Waals surface area (Å²) in [6.45, 7) is 10.4. The number of benzene rings is 1. The average molecular weight is 231 g/mol. The minimum absolute atomic E-state index is 0.497. The molecule has 0 unspecified atom stereocenters. The highest BCUT2D eigenvalue weighted by Gasteiger charge is 2.12. The summed E-state index contributed by atoms with van der Waals surface area (Å²) in [5.41, 5.74) is 3.65. The van der Waals surface area contributed by atoms with Crippen LogP contribution in [0, 0.1) is 6.92 Å². The second-order valence-electron chi connectivity index (χ2n) is 4.86. The molecule has 1 heterocycles. The third-order valence-corrected chi connectivity index (χ3v) is 3.15. The third-order valence-electron chi connectivity index (χ3n) is 3.15. The first kappa shape index (κ1) is 12.2. The highest BCUT2D eigenvalue weighted by molar-refractivity contribution is 5.84. The molecule has 0 saturated heterocycles. The summed E-state index contributed by atoms with van der Waals surface area (Å²) in [7, 11) is 0. The highest BCUT2D eigenvalue weighted by atomic mass is 16.3. The molecule has 2 heteroatoms. The molecule has 0 spiro atoms. The Hall–Kier alpha value is -1.28. The smallest absolute Gasteiger partial charge is 0.138 e. The Balaban J connectivity index is 2.49. The first-order valence-electron chi connectivity index (χ1n) is 6.36. The van der Waals surface area contributed by atoms with Crippen molar-refractivity contribution in [1.82, 2.24) is 5.32 Å². The van der Waals surface area contributed by atoms with Gasteiger partial charge >= 0.3 is 0 Å². The molecule has 0 aliphatic heterocycles. The number of hydrogen-bond donors (Lipinski definition) is 1. The number of fused-ring (bicyclic) bond motifs is 1. The summed E-state index contributed by atoms with van der Waals surface area (Å²) >= 11 is 0. The molecule has 2 nitrogen and oxygen atoms in total. The molecule has 0 radical (unpaired) electrons. The summed E-state index contributed by atoms with van der Waals surface area (Å²) in [6, 6.07) is 6.53. The maximum Gasteiger partial charge on any atom is 0.138 e. The fourth-order valence-corrected chi connectivity index (χ4v) is 2.12. The molecule has 0 atom stereocenters. The van der Waals surface area contributed by atoms with Crippen molar-refractivity contribution in [3.8, 4) is 0 Å². The first-order chi connectivity index (χ1) is 8.13. The second-order valence-corrected chi connectivity index (χ2v) is 4.86. The van der Waals surface area contributed by atoms with Crippen molar-refractivity contribution in [3.05, 3.63) is 35.1 Å². The molecule has 0 aliphatic rings. The van der Waals surface area contributed by atoms with Gasteiger partial charge in [0.1, 0.15) is 11.3 Å². The molecule has 1 aromatic heterocycles. The Labute approximate surface area is 103 Å². The molecule has 2 rings (SSSR count). The lowest BCUT2D eigenvalue weighted by atomic mass is 9.99. The number of furan rings is 1. The molecule has 0 saturated carbocycles. The molecule has 0 amide bonds. The lowest BCUT2D eigenvalue weighted by molar-refractivity contribution is 0.516. The topological polar surface area (TPSA) is 25.2 Å². The van der Waals surface area contributed by atoms with Crippen LogP contribution in [0.15, 0.2) is 22.6 Å². The van der Waals surface area contributed by atoms with Crippen LogP contribution < -0.4 is 5.32 Å². The van der Waals surface area contributed by atoms with E-state index in [2.05, 4.69) is 51.2 Å². The largest absolute Gasteiger partial charge is 0.459 e. The maximum absolute atomic E-state index is 5.98. The van der Waals surface area contributed by atoms with Crippen LogP contribution in [0.1, 0.15) is 43.6 Å². The van der Waals surface area contributed by atoms with Crippen molar-refractivity contribution >= 4 is 11.0 Å². The molecule has 17 heavy (non-hydrogen) atoms. The minimum atomic E-state index is 0.497. The summed E-state index contributed by atoms with van der Waals surface area (Å²) in [4.78, 5) is 0. The van der Waals surface area contributed by atoms with Crippen LogP contribution in [0.25, 0.3) is 11.0 Å². The SMILES string of the molecule is CCNCc1cc2c(C)ccc(C(C)C)c2o1. The van der Waals surface area contributed by atoms with Crippen LogP contribution in [0.3, 0.4) is 0 Å². The predicted molar refractivity (Wildman–Crippen MR) is 72.4 cm³/mol. The number of hydrogen-bond acceptors (Lipinski definition) is 2. The van der Waals surface area contributed by atoms with Gasteiger partial charge in [-0.1, -0.05) is 32.9 Å². The van der Waals surface area contributed by atoms with Gasteiger partial charge in [0.2, 0.25) is 0 Å². The fraction of sp³-hybridized carbons (Fsp3) is 0.467. The van der Waals surface area contributed by atoms with E-state index in [4.69, 9.17) is 4.42 Å². The molecular weight excluding hydrogens is 210 g/mol. The fourth-order valence-electron chi connectivity index (χ4n) is 2.12. The Kier molecular flexibility index (Phi) is 3.53. The average Bonchev–Trinajstić information content (AvgIpc) is 2.71. The molecule has 0 bridgehead atoms. The number of rotatable bonds is 4. The van der Waals surface area contributed by atoms with E-state index in [1.54, 1.807) is 0 Å². The van der Waals surface area contributed by atoms with Crippen LogP contribution in [-0.4, -0.2) is 6.54 Å². The Morgan fingerprint density at radius 1 is 1.29 bits per heavy atom. The summed E-state index contributed by atoms with van der Waals surface area (Å²) < 4.78 is 5.98. The van der Waals surface area contributed by atoms with E-state index in [1.807, 2.05) is 0 Å². The summed E-state index contributed by atoms with van der Waals surface area (Å²) in [6.07, 6.45) is 0. The van der Waals surface area contributed by atoms with Gasteiger partial charge in [0, 0.05) is 5.39 Å². The van der Waals surface area contributed by atoms with Crippen LogP contribution in [-0.2, 0) is 6.54 Å². The number of nitrogens with one attached hydrogen (secondary N) is 1. The van der Waals surface area contributed by atoms with Gasteiger partial charge in [0.05, 0.1) is 6.54 Å². The van der Waals surface area contributed by atoms with Gasteiger partial charge in [-0.2, -0.15) is 0 Å². The summed E-state index contributed by atoms with van der Waals surface area (Å²) in [5, 5.41) is 4.55. The zero-order valence-electron chi connectivity index (χ0n) is 11.1. The molecule has 0 aliphatic carbocycles. The van der Waals surface area contributed by atoms with E-state index >= 15 is 0 Å². The monoisotopic (exact) mass is 231 g/mol. The Morgan fingerprint density at radius 2 is 2.06 bits per heavy atom. The molecule has 92 valence electrons. The van der Waals surface area contributed by atoms with E-state index in [0.717, 1.165) is 24.4 Å². The molecular formula is C15H21NO. The standard InChI is InChI=1S/C15H21NO/c1-5-16-9-12-8-14-11(4)6-7-13(10(2)3)15(14)17-12/h6-8,10,16H,5,9H2,1-4H3. The first-order valence-corrected chi connectivity index (χ1v) is 6.36. The Morgan fingerprint density at radius 3 is 2.71 bits per heavy atom. The van der Waals surface area contributed by atoms with Crippen molar-refractivity contribution < 1.29 is 4.42 Å². The van der Waals surface area contributed by atoms with Gasteiger partial charge in [-0.3, -0.25) is 0 Å². The summed E-state index contributed by atoms with van der Waals surface area (Å²) in [5.74, 6) is 1.52. The van der Waals surface area contributed by atoms with E-state index in [0.29, 0.717) is 5.92 Å². The third kappa shape index (κ3) is 2.37. The lowest BCUT2D eigenvalue weighted by Crippen LogP contribution is -2.10. The Bertz CT molecular complexity index is 511. The normalized spacial score (nSPS) is 11.6. The minimum Gasteiger partial charge on any atom is -0.459 e. The quantitative estimate of drug-likeness (QED) is 0.861. The molecule has 1 aromatic carbocycles. The van der Waals surface area contributed by atoms with Crippen LogP contribution in [0.5, 0.6) is 0 Å². The highest BCUT2D eigenvalue weighted by Crippen LogP contribution is 2.30. The van der Waals surface area contributed by atoms with Crippen molar-refractivity contribution in [3.63, 3.8) is 0 Å². The molecule has 1 N–H and O–H groups in total. The van der Waals surface area contributed by atoms with Crippen LogP contribution in [0.2, 0.25) is 0 Å². The van der Waals surface area contributed by atoms with Gasteiger partial charge in [-0.25, -0.2) is 0 Å². The van der Waals surface area contributed by atoms with Gasteiger partial charge in [0.15, 0.2) is 0 Å². The second kappa shape index (κ2) is 4.92. The van der Waals surface area contributed by atoms with Crippen molar-refractivity contribution in [1.29, 1.82) is 0 Å². The van der Waals surface area contributed by atoms with Crippen LogP contribution in [0.4, 0.5) is 0 Å². The van der Waals surface area contributed by atoms with E-state index < -0.39 is 0 Å². The lowest BCUT2D eigenvalue weighted by Gasteiger charge is -2.06. The molecule has 2 aromatic rings. The van der Waals surface area contributed by atoms with Crippen molar-refractivity contribution in [2.24, 2.45) is 0 Å². The van der Waals surface area contributed by atoms with E-state index in [1.165, 1.54) is 16.5 Å². The molecule has 0 fully saturated rings. The number of aryl methyl sites for hydroxylation is 1. The van der Waals surface area contributed by atoms with Crippen molar-refractivity contribution in [2.75, 3.05) is 6.54 Å². The van der Waals surface area contributed by atoms with Crippen molar-refractivity contribution in [2.45, 2.75) is 40.2 Å². The van der Waals surface area contributed by atoms with E-state index in [-0.39, 0.29) is 0 Å². The zero-order valence-corrected chi connectivity index (χ0v) is 11.1. The van der Waals surface area contributed by atoms with Crippen LogP contribution >= 0.6 is 0 Å². The van der Waals surface area contributed by atoms with Gasteiger partial charge in [0.25, 0.3) is 0 Å². The predicted octanol–water partition coefficient (Wildman–Crippen LogP) is 3.97. The van der Waals surface area contributed by atoms with Gasteiger partial charge in [-0.05, 0) is 36.6 Å². The van der Waals surface area contributed by atoms with E-state index in [9.17, 15) is 0 Å².